The number of hydrogen-bond acceptors (Lipinski definition) is 7. The maximum absolute atomic E-state index is 13.9. The Labute approximate surface area is 161 Å². The van der Waals surface area contributed by atoms with E-state index in [-0.39, 0.29) is 17.4 Å². The molecule has 0 unspecified atom stereocenters. The molecule has 1 aliphatic heterocycles. The number of aryl methyl sites for hydroxylation is 1. The Morgan fingerprint density at radius 1 is 1.11 bits per heavy atom. The lowest BCUT2D eigenvalue weighted by Gasteiger charge is -2.36. The molecule has 0 spiro atoms. The van der Waals surface area contributed by atoms with Gasteiger partial charge in [-0.3, -0.25) is 4.79 Å². The molecule has 9 heteroatoms. The fraction of sp³-hybridized carbons (Fsp3) is 0.263. The minimum absolute atomic E-state index is 0.190. The summed E-state index contributed by atoms with van der Waals surface area (Å²) in [5.74, 6) is 1.23. The summed E-state index contributed by atoms with van der Waals surface area (Å²) in [5.41, 5.74) is 0.828. The minimum atomic E-state index is -0.251. The number of rotatable bonds is 4. The predicted molar refractivity (Wildman–Crippen MR) is 101 cm³/mol. The number of halogens is 1. The molecule has 1 fully saturated rings. The SMILES string of the molecule is Cc1cc(Nc2cnc(C(=O)N3CCN(c4ccccc4F)CC3)cn2)no1. The number of anilines is 3. The summed E-state index contributed by atoms with van der Waals surface area (Å²) >= 11 is 0. The summed E-state index contributed by atoms with van der Waals surface area (Å²) in [4.78, 5) is 24.7. The van der Waals surface area contributed by atoms with Crippen molar-refractivity contribution in [2.45, 2.75) is 6.92 Å². The van der Waals surface area contributed by atoms with Crippen LogP contribution in [0.5, 0.6) is 0 Å². The molecule has 2 aromatic heterocycles. The summed E-state index contributed by atoms with van der Waals surface area (Å²) in [5, 5.41) is 6.77. The van der Waals surface area contributed by atoms with E-state index in [1.807, 2.05) is 11.0 Å². The van der Waals surface area contributed by atoms with Crippen LogP contribution in [-0.4, -0.2) is 52.1 Å². The topological polar surface area (TPSA) is 87.4 Å². The van der Waals surface area contributed by atoms with Gasteiger partial charge < -0.3 is 19.6 Å². The zero-order valence-corrected chi connectivity index (χ0v) is 15.3. The lowest BCUT2D eigenvalue weighted by molar-refractivity contribution is 0.0740. The van der Waals surface area contributed by atoms with E-state index in [0.717, 1.165) is 0 Å². The van der Waals surface area contributed by atoms with Gasteiger partial charge >= 0.3 is 0 Å². The molecule has 8 nitrogen and oxygen atoms in total. The van der Waals surface area contributed by atoms with Crippen LogP contribution in [0.2, 0.25) is 0 Å². The molecule has 3 aromatic rings. The molecule has 0 atom stereocenters. The van der Waals surface area contributed by atoms with Crippen LogP contribution in [0, 0.1) is 12.7 Å². The average molecular weight is 382 g/mol. The van der Waals surface area contributed by atoms with E-state index >= 15 is 0 Å². The standard InChI is InChI=1S/C19H19FN6O2/c1-13-10-17(24-28-13)23-18-12-21-15(11-22-18)19(27)26-8-6-25(7-9-26)16-5-3-2-4-14(16)20/h2-5,10-12H,6-9H2,1H3,(H,22,23,24). The number of carbonyl (C=O) groups is 1. The first kappa shape index (κ1) is 17.9. The molecule has 1 aromatic carbocycles. The van der Waals surface area contributed by atoms with E-state index < -0.39 is 0 Å². The van der Waals surface area contributed by atoms with Gasteiger partial charge in [0.2, 0.25) is 0 Å². The maximum atomic E-state index is 13.9. The second-order valence-electron chi connectivity index (χ2n) is 6.47. The highest BCUT2D eigenvalue weighted by molar-refractivity contribution is 5.92. The molecule has 1 saturated heterocycles. The summed E-state index contributed by atoms with van der Waals surface area (Å²) in [6.45, 7) is 3.90. The van der Waals surface area contributed by atoms with E-state index in [0.29, 0.717) is 49.3 Å². The predicted octanol–water partition coefficient (Wildman–Crippen LogP) is 2.62. The Bertz CT molecular complexity index is 967. The number of amides is 1. The molecule has 4 rings (SSSR count). The second-order valence-corrected chi connectivity index (χ2v) is 6.47. The zero-order valence-electron chi connectivity index (χ0n) is 15.3. The number of aromatic nitrogens is 3. The van der Waals surface area contributed by atoms with Crippen molar-refractivity contribution in [3.63, 3.8) is 0 Å². The van der Waals surface area contributed by atoms with Crippen molar-refractivity contribution in [1.29, 1.82) is 0 Å². The highest BCUT2D eigenvalue weighted by Gasteiger charge is 2.24. The Hall–Kier alpha value is -3.49. The third-order valence-corrected chi connectivity index (χ3v) is 4.52. The molecule has 3 heterocycles. The number of benzene rings is 1. The number of para-hydroxylation sites is 1. The number of piperazine rings is 1. The molecule has 0 saturated carbocycles. The molecule has 1 amide bonds. The molecule has 0 bridgehead atoms. The lowest BCUT2D eigenvalue weighted by atomic mass is 10.2. The largest absolute Gasteiger partial charge is 0.366 e. The summed E-state index contributed by atoms with van der Waals surface area (Å²) in [6, 6.07) is 8.40. The van der Waals surface area contributed by atoms with Crippen molar-refractivity contribution in [3.8, 4) is 0 Å². The first-order valence-electron chi connectivity index (χ1n) is 8.91. The maximum Gasteiger partial charge on any atom is 0.274 e. The molecule has 1 N–H and O–H groups in total. The highest BCUT2D eigenvalue weighted by atomic mass is 19.1. The number of carbonyl (C=O) groups excluding carboxylic acids is 1. The number of nitrogens with one attached hydrogen (secondary N) is 1. The number of hydrogen-bond donors (Lipinski definition) is 1. The Kier molecular flexibility index (Phi) is 4.88. The second kappa shape index (κ2) is 7.63. The molecule has 0 radical (unpaired) electrons. The van der Waals surface area contributed by atoms with Crippen molar-refractivity contribution in [2.24, 2.45) is 0 Å². The molecule has 1 aliphatic rings. The van der Waals surface area contributed by atoms with E-state index in [1.54, 1.807) is 30.0 Å². The molecule has 28 heavy (non-hydrogen) atoms. The Morgan fingerprint density at radius 2 is 1.89 bits per heavy atom. The van der Waals surface area contributed by atoms with E-state index in [2.05, 4.69) is 20.4 Å². The van der Waals surface area contributed by atoms with Crippen LogP contribution < -0.4 is 10.2 Å². The van der Waals surface area contributed by atoms with Crippen molar-refractivity contribution >= 4 is 23.2 Å². The van der Waals surface area contributed by atoms with Gasteiger partial charge in [-0.05, 0) is 19.1 Å². The molecular weight excluding hydrogens is 363 g/mol. The van der Waals surface area contributed by atoms with Gasteiger partial charge in [0.25, 0.3) is 5.91 Å². The van der Waals surface area contributed by atoms with Crippen LogP contribution in [-0.2, 0) is 0 Å². The van der Waals surface area contributed by atoms with Gasteiger partial charge in [0.05, 0.1) is 18.1 Å². The first-order chi connectivity index (χ1) is 13.6. The molecule has 0 aliphatic carbocycles. The van der Waals surface area contributed by atoms with Crippen LogP contribution >= 0.6 is 0 Å². The van der Waals surface area contributed by atoms with Gasteiger partial charge in [0.1, 0.15) is 23.1 Å². The van der Waals surface area contributed by atoms with Gasteiger partial charge in [-0.25, -0.2) is 14.4 Å². The van der Waals surface area contributed by atoms with Crippen LogP contribution in [0.1, 0.15) is 16.2 Å². The molecular formula is C19H19FN6O2. The smallest absolute Gasteiger partial charge is 0.274 e. The third kappa shape index (κ3) is 3.78. The highest BCUT2D eigenvalue weighted by Crippen LogP contribution is 2.20. The van der Waals surface area contributed by atoms with Crippen molar-refractivity contribution in [1.82, 2.24) is 20.0 Å². The van der Waals surface area contributed by atoms with Gasteiger partial charge in [0, 0.05) is 32.2 Å². The van der Waals surface area contributed by atoms with Crippen molar-refractivity contribution in [3.05, 3.63) is 60.0 Å². The minimum Gasteiger partial charge on any atom is -0.366 e. The van der Waals surface area contributed by atoms with Gasteiger partial charge in [-0.1, -0.05) is 17.3 Å². The summed E-state index contributed by atoms with van der Waals surface area (Å²) in [7, 11) is 0. The van der Waals surface area contributed by atoms with E-state index in [4.69, 9.17) is 4.52 Å². The van der Waals surface area contributed by atoms with Crippen LogP contribution in [0.3, 0.4) is 0 Å². The normalized spacial score (nSPS) is 14.2. The Morgan fingerprint density at radius 3 is 2.54 bits per heavy atom. The zero-order chi connectivity index (χ0) is 19.5. The third-order valence-electron chi connectivity index (χ3n) is 4.52. The van der Waals surface area contributed by atoms with E-state index in [9.17, 15) is 9.18 Å². The quantitative estimate of drug-likeness (QED) is 0.742. The van der Waals surface area contributed by atoms with Gasteiger partial charge in [-0.2, -0.15) is 0 Å². The van der Waals surface area contributed by atoms with Gasteiger partial charge in [-0.15, -0.1) is 0 Å². The fourth-order valence-electron chi connectivity index (χ4n) is 3.08. The van der Waals surface area contributed by atoms with Crippen LogP contribution in [0.4, 0.5) is 21.7 Å². The van der Waals surface area contributed by atoms with Crippen LogP contribution in [0.25, 0.3) is 0 Å². The van der Waals surface area contributed by atoms with E-state index in [1.165, 1.54) is 18.5 Å². The fourth-order valence-corrected chi connectivity index (χ4v) is 3.08. The van der Waals surface area contributed by atoms with Gasteiger partial charge in [0.15, 0.2) is 5.82 Å². The van der Waals surface area contributed by atoms with Crippen molar-refractivity contribution < 1.29 is 13.7 Å². The summed E-state index contributed by atoms with van der Waals surface area (Å²) in [6.07, 6.45) is 2.91. The molecule has 144 valence electrons. The first-order valence-corrected chi connectivity index (χ1v) is 8.91. The average Bonchev–Trinajstić information content (AvgIpc) is 3.13. The lowest BCUT2D eigenvalue weighted by Crippen LogP contribution is -2.49. The Balaban J connectivity index is 1.36. The number of nitrogens with zero attached hydrogens (tertiary/aromatic N) is 5. The monoisotopic (exact) mass is 382 g/mol. The summed E-state index contributed by atoms with van der Waals surface area (Å²) < 4.78 is 18.9. The van der Waals surface area contributed by atoms with Crippen molar-refractivity contribution in [2.75, 3.05) is 36.4 Å². The van der Waals surface area contributed by atoms with Crippen LogP contribution in [0.15, 0.2) is 47.2 Å².